The van der Waals surface area contributed by atoms with Gasteiger partial charge in [0.25, 0.3) is 0 Å². The van der Waals surface area contributed by atoms with Gasteiger partial charge in [0.1, 0.15) is 18.2 Å². The van der Waals surface area contributed by atoms with Crippen molar-refractivity contribution in [2.75, 3.05) is 7.11 Å². The Morgan fingerprint density at radius 1 is 1.11 bits per heavy atom. The van der Waals surface area contributed by atoms with Gasteiger partial charge in [-0.2, -0.15) is 0 Å². The lowest BCUT2D eigenvalue weighted by Crippen LogP contribution is -2.06. The van der Waals surface area contributed by atoms with Gasteiger partial charge in [-0.05, 0) is 30.3 Å². The quantitative estimate of drug-likeness (QED) is 0.792. The molecule has 2 aromatic rings. The standard InChI is InChI=1S/C15H13FO3/c1-18-13-8-6-11(7-9-13)15(17)19-10-12-4-2-3-5-14(12)16/h2-9H,10H2,1H3. The van der Waals surface area contributed by atoms with Crippen molar-refractivity contribution in [1.29, 1.82) is 0 Å². The lowest BCUT2D eigenvalue weighted by atomic mass is 10.2. The molecule has 0 fully saturated rings. The maximum atomic E-state index is 13.3. The Hall–Kier alpha value is -2.36. The van der Waals surface area contributed by atoms with Gasteiger partial charge in [0.2, 0.25) is 0 Å². The van der Waals surface area contributed by atoms with Crippen LogP contribution in [-0.4, -0.2) is 13.1 Å². The van der Waals surface area contributed by atoms with E-state index in [-0.39, 0.29) is 12.4 Å². The molecule has 0 atom stereocenters. The van der Waals surface area contributed by atoms with E-state index in [2.05, 4.69) is 0 Å². The molecule has 98 valence electrons. The van der Waals surface area contributed by atoms with Gasteiger partial charge in [-0.1, -0.05) is 18.2 Å². The third-order valence-corrected chi connectivity index (χ3v) is 2.64. The Labute approximate surface area is 110 Å². The minimum Gasteiger partial charge on any atom is -0.497 e. The van der Waals surface area contributed by atoms with Crippen LogP contribution >= 0.6 is 0 Å². The molecular formula is C15H13FO3. The van der Waals surface area contributed by atoms with E-state index in [9.17, 15) is 9.18 Å². The molecule has 0 amide bonds. The highest BCUT2D eigenvalue weighted by Gasteiger charge is 2.09. The molecule has 2 rings (SSSR count). The first kappa shape index (κ1) is 13.1. The zero-order valence-electron chi connectivity index (χ0n) is 10.4. The van der Waals surface area contributed by atoms with Crippen LogP contribution in [0.1, 0.15) is 15.9 Å². The Morgan fingerprint density at radius 2 is 1.79 bits per heavy atom. The van der Waals surface area contributed by atoms with E-state index in [1.165, 1.54) is 6.07 Å². The zero-order chi connectivity index (χ0) is 13.7. The first-order valence-electron chi connectivity index (χ1n) is 5.75. The van der Waals surface area contributed by atoms with Crippen molar-refractivity contribution in [2.24, 2.45) is 0 Å². The van der Waals surface area contributed by atoms with Crippen molar-refractivity contribution in [2.45, 2.75) is 6.61 Å². The third kappa shape index (κ3) is 3.31. The van der Waals surface area contributed by atoms with E-state index in [4.69, 9.17) is 9.47 Å². The van der Waals surface area contributed by atoms with Crippen molar-refractivity contribution in [3.8, 4) is 5.75 Å². The predicted octanol–water partition coefficient (Wildman–Crippen LogP) is 3.19. The summed E-state index contributed by atoms with van der Waals surface area (Å²) in [5.41, 5.74) is 0.751. The summed E-state index contributed by atoms with van der Waals surface area (Å²) in [5, 5.41) is 0. The fourth-order valence-electron chi connectivity index (χ4n) is 1.57. The average Bonchev–Trinajstić information content (AvgIpc) is 2.46. The molecule has 0 aliphatic heterocycles. The van der Waals surface area contributed by atoms with Crippen LogP contribution in [0.2, 0.25) is 0 Å². The number of esters is 1. The molecule has 3 nitrogen and oxygen atoms in total. The normalized spacial score (nSPS) is 10.0. The van der Waals surface area contributed by atoms with Crippen LogP contribution in [-0.2, 0) is 11.3 Å². The number of hydrogen-bond donors (Lipinski definition) is 0. The van der Waals surface area contributed by atoms with Gasteiger partial charge in [-0.3, -0.25) is 0 Å². The lowest BCUT2D eigenvalue weighted by molar-refractivity contribution is 0.0469. The van der Waals surface area contributed by atoms with Crippen LogP contribution in [0.5, 0.6) is 5.75 Å². The molecule has 0 aromatic heterocycles. The van der Waals surface area contributed by atoms with E-state index in [0.717, 1.165) is 0 Å². The lowest BCUT2D eigenvalue weighted by Gasteiger charge is -2.06. The number of hydrogen-bond acceptors (Lipinski definition) is 3. The smallest absolute Gasteiger partial charge is 0.338 e. The number of methoxy groups -OCH3 is 1. The summed E-state index contributed by atoms with van der Waals surface area (Å²) < 4.78 is 23.4. The summed E-state index contributed by atoms with van der Waals surface area (Å²) in [5.74, 6) is -0.221. The summed E-state index contributed by atoms with van der Waals surface area (Å²) in [4.78, 5) is 11.7. The molecule has 2 aromatic carbocycles. The molecule has 0 radical (unpaired) electrons. The number of carbonyl (C=O) groups is 1. The largest absolute Gasteiger partial charge is 0.497 e. The highest BCUT2D eigenvalue weighted by Crippen LogP contribution is 2.13. The van der Waals surface area contributed by atoms with Crippen molar-refractivity contribution >= 4 is 5.97 Å². The Balaban J connectivity index is 1.99. The summed E-state index contributed by atoms with van der Waals surface area (Å²) in [6.07, 6.45) is 0. The van der Waals surface area contributed by atoms with Gasteiger partial charge in [-0.25, -0.2) is 9.18 Å². The van der Waals surface area contributed by atoms with Crippen molar-refractivity contribution in [1.82, 2.24) is 0 Å². The van der Waals surface area contributed by atoms with Crippen LogP contribution in [0.3, 0.4) is 0 Å². The Kier molecular flexibility index (Phi) is 4.13. The second kappa shape index (κ2) is 6.00. The van der Waals surface area contributed by atoms with E-state index < -0.39 is 5.97 Å². The van der Waals surface area contributed by atoms with Crippen LogP contribution < -0.4 is 4.74 Å². The van der Waals surface area contributed by atoms with Gasteiger partial charge in [0.15, 0.2) is 0 Å². The molecule has 0 spiro atoms. The average molecular weight is 260 g/mol. The van der Waals surface area contributed by atoms with Crippen molar-refractivity contribution in [3.63, 3.8) is 0 Å². The van der Waals surface area contributed by atoms with Crippen molar-refractivity contribution < 1.29 is 18.7 Å². The predicted molar refractivity (Wildman–Crippen MR) is 68.5 cm³/mol. The van der Waals surface area contributed by atoms with E-state index in [1.807, 2.05) is 0 Å². The number of benzene rings is 2. The number of rotatable bonds is 4. The molecule has 0 saturated heterocycles. The molecule has 0 saturated carbocycles. The topological polar surface area (TPSA) is 35.5 Å². The minimum atomic E-state index is -0.495. The van der Waals surface area contributed by atoms with E-state index >= 15 is 0 Å². The molecule has 0 heterocycles. The molecule has 19 heavy (non-hydrogen) atoms. The second-order valence-electron chi connectivity index (χ2n) is 3.90. The zero-order valence-corrected chi connectivity index (χ0v) is 10.4. The molecule has 0 aliphatic rings. The Morgan fingerprint density at radius 3 is 2.42 bits per heavy atom. The van der Waals surface area contributed by atoms with Crippen molar-refractivity contribution in [3.05, 3.63) is 65.5 Å². The molecule has 0 bridgehead atoms. The fraction of sp³-hybridized carbons (Fsp3) is 0.133. The third-order valence-electron chi connectivity index (χ3n) is 2.64. The summed E-state index contributed by atoms with van der Waals surface area (Å²) in [6.45, 7) is -0.0858. The Bertz CT molecular complexity index is 564. The first-order chi connectivity index (χ1) is 9.20. The fourth-order valence-corrected chi connectivity index (χ4v) is 1.57. The number of ether oxygens (including phenoxy) is 2. The van der Waals surface area contributed by atoms with Gasteiger partial charge >= 0.3 is 5.97 Å². The monoisotopic (exact) mass is 260 g/mol. The maximum absolute atomic E-state index is 13.3. The first-order valence-corrected chi connectivity index (χ1v) is 5.75. The summed E-state index contributed by atoms with van der Waals surface area (Å²) >= 11 is 0. The molecular weight excluding hydrogens is 247 g/mol. The van der Waals surface area contributed by atoms with E-state index in [0.29, 0.717) is 16.9 Å². The van der Waals surface area contributed by atoms with Crippen LogP contribution in [0.15, 0.2) is 48.5 Å². The highest BCUT2D eigenvalue weighted by molar-refractivity contribution is 5.89. The molecule has 0 N–H and O–H groups in total. The van der Waals surface area contributed by atoms with Crippen LogP contribution in [0, 0.1) is 5.82 Å². The van der Waals surface area contributed by atoms with Gasteiger partial charge in [-0.15, -0.1) is 0 Å². The highest BCUT2D eigenvalue weighted by atomic mass is 19.1. The molecule has 0 aliphatic carbocycles. The van der Waals surface area contributed by atoms with Gasteiger partial charge < -0.3 is 9.47 Å². The SMILES string of the molecule is COc1ccc(C(=O)OCc2ccccc2F)cc1. The van der Waals surface area contributed by atoms with Crippen LogP contribution in [0.4, 0.5) is 4.39 Å². The number of halogens is 1. The minimum absolute atomic E-state index is 0.0858. The summed E-state index contributed by atoms with van der Waals surface area (Å²) in [7, 11) is 1.55. The van der Waals surface area contributed by atoms with Gasteiger partial charge in [0.05, 0.1) is 12.7 Å². The summed E-state index contributed by atoms with van der Waals surface area (Å²) in [6, 6.07) is 12.7. The molecule has 4 heteroatoms. The second-order valence-corrected chi connectivity index (χ2v) is 3.90. The van der Waals surface area contributed by atoms with Gasteiger partial charge in [0, 0.05) is 5.56 Å². The number of carbonyl (C=O) groups excluding carboxylic acids is 1. The molecule has 0 unspecified atom stereocenters. The van der Waals surface area contributed by atoms with E-state index in [1.54, 1.807) is 49.6 Å². The van der Waals surface area contributed by atoms with Crippen LogP contribution in [0.25, 0.3) is 0 Å². The maximum Gasteiger partial charge on any atom is 0.338 e.